The molecule has 0 radical (unpaired) electrons. The highest BCUT2D eigenvalue weighted by Crippen LogP contribution is 2.29. The molecule has 3 unspecified atom stereocenters. The van der Waals surface area contributed by atoms with Gasteiger partial charge in [-0.3, -0.25) is 4.79 Å². The molecule has 0 bridgehead atoms. The van der Waals surface area contributed by atoms with E-state index in [2.05, 4.69) is 23.8 Å². The largest absolute Gasteiger partial charge is 0.353 e. The molecule has 1 saturated heterocycles. The van der Waals surface area contributed by atoms with E-state index in [1.165, 1.54) is 12.8 Å². The Morgan fingerprint density at radius 2 is 2.16 bits per heavy atom. The van der Waals surface area contributed by atoms with E-state index in [1.54, 1.807) is 0 Å². The lowest BCUT2D eigenvalue weighted by Gasteiger charge is -2.36. The zero-order valence-corrected chi connectivity index (χ0v) is 13.7. The fourth-order valence-electron chi connectivity index (χ4n) is 3.10. The number of carbonyl (C=O) groups is 1. The summed E-state index contributed by atoms with van der Waals surface area (Å²) in [7, 11) is 0. The van der Waals surface area contributed by atoms with Crippen LogP contribution in [0.5, 0.6) is 0 Å². The van der Waals surface area contributed by atoms with Crippen LogP contribution in [0, 0.1) is 5.41 Å². The van der Waals surface area contributed by atoms with Gasteiger partial charge in [0.25, 0.3) is 0 Å². The summed E-state index contributed by atoms with van der Waals surface area (Å²) in [4.78, 5) is 12.4. The lowest BCUT2D eigenvalue weighted by molar-refractivity contribution is -0.132. The monoisotopic (exact) mass is 306 g/mol. The van der Waals surface area contributed by atoms with E-state index in [0.29, 0.717) is 6.04 Å². The van der Waals surface area contributed by atoms with Gasteiger partial charge < -0.3 is 10.6 Å². The average molecular weight is 307 g/mol. The zero-order valence-electron chi connectivity index (χ0n) is 12.0. The summed E-state index contributed by atoms with van der Waals surface area (Å²) in [6.45, 7) is 3.99. The molecule has 1 saturated carbocycles. The van der Waals surface area contributed by atoms with Crippen LogP contribution in [0.15, 0.2) is 0 Å². The van der Waals surface area contributed by atoms with Crippen molar-refractivity contribution in [2.75, 3.05) is 19.3 Å². The van der Waals surface area contributed by atoms with Crippen LogP contribution < -0.4 is 10.6 Å². The minimum absolute atomic E-state index is 0. The molecule has 3 atom stereocenters. The number of nitrogens with one attached hydrogen (secondary N) is 2. The smallest absolute Gasteiger partial charge is 0.227 e. The lowest BCUT2D eigenvalue weighted by atomic mass is 9.81. The van der Waals surface area contributed by atoms with E-state index in [-0.39, 0.29) is 23.7 Å². The maximum atomic E-state index is 12.4. The summed E-state index contributed by atoms with van der Waals surface area (Å²) in [5, 5.41) is 7.39. The summed E-state index contributed by atoms with van der Waals surface area (Å²) >= 11 is 1.95. The first-order valence-electron chi connectivity index (χ1n) is 7.18. The number of hydrogen-bond acceptors (Lipinski definition) is 3. The van der Waals surface area contributed by atoms with Gasteiger partial charge in [0.1, 0.15) is 0 Å². The molecular formula is C14H27ClN2OS. The van der Waals surface area contributed by atoms with Crippen molar-refractivity contribution in [1.29, 1.82) is 0 Å². The fourth-order valence-corrected chi connectivity index (χ4v) is 3.93. The van der Waals surface area contributed by atoms with E-state index < -0.39 is 0 Å². The normalized spacial score (nSPS) is 35.3. The van der Waals surface area contributed by atoms with Gasteiger partial charge >= 0.3 is 0 Å². The number of rotatable bonds is 3. The molecule has 0 aromatic rings. The Labute approximate surface area is 127 Å². The molecular weight excluding hydrogens is 280 g/mol. The topological polar surface area (TPSA) is 41.1 Å². The summed E-state index contributed by atoms with van der Waals surface area (Å²) in [6, 6.07) is 0.405. The SMILES string of the molecule is CSC1CCCC(NC(=O)C2(C)CCCNC2)C1.Cl. The molecule has 1 heterocycles. The molecule has 2 aliphatic rings. The molecule has 0 aromatic carbocycles. The number of piperidine rings is 1. The van der Waals surface area contributed by atoms with Crippen LogP contribution >= 0.6 is 24.2 Å². The summed E-state index contributed by atoms with van der Waals surface area (Å²) in [5.74, 6) is 0.265. The number of thioether (sulfide) groups is 1. The van der Waals surface area contributed by atoms with Crippen molar-refractivity contribution in [2.45, 2.75) is 56.7 Å². The van der Waals surface area contributed by atoms with Gasteiger partial charge in [0, 0.05) is 17.8 Å². The minimum atomic E-state index is -0.190. The summed E-state index contributed by atoms with van der Waals surface area (Å²) < 4.78 is 0. The Morgan fingerprint density at radius 3 is 2.79 bits per heavy atom. The molecule has 19 heavy (non-hydrogen) atoms. The number of hydrogen-bond donors (Lipinski definition) is 2. The second-order valence-electron chi connectivity index (χ2n) is 6.04. The highest BCUT2D eigenvalue weighted by molar-refractivity contribution is 7.99. The van der Waals surface area contributed by atoms with E-state index in [9.17, 15) is 4.79 Å². The van der Waals surface area contributed by atoms with Crippen LogP contribution in [-0.4, -0.2) is 36.5 Å². The third kappa shape index (κ3) is 4.54. The van der Waals surface area contributed by atoms with Gasteiger partial charge in [-0.25, -0.2) is 0 Å². The Hall–Kier alpha value is 0.0700. The van der Waals surface area contributed by atoms with E-state index in [0.717, 1.165) is 44.0 Å². The standard InChI is InChI=1S/C14H26N2OS.ClH/c1-14(7-4-8-15-10-14)13(17)16-11-5-3-6-12(9-11)18-2;/h11-12,15H,3-10H2,1-2H3,(H,16,17);1H. The van der Waals surface area contributed by atoms with Crippen LogP contribution in [0.25, 0.3) is 0 Å². The molecule has 0 aromatic heterocycles. The van der Waals surface area contributed by atoms with Gasteiger partial charge in [0.2, 0.25) is 5.91 Å². The second kappa shape index (κ2) is 7.75. The fraction of sp³-hybridized carbons (Fsp3) is 0.929. The van der Waals surface area contributed by atoms with Crippen molar-refractivity contribution < 1.29 is 4.79 Å². The van der Waals surface area contributed by atoms with Crippen molar-refractivity contribution in [3.8, 4) is 0 Å². The van der Waals surface area contributed by atoms with Gasteiger partial charge in [-0.05, 0) is 51.8 Å². The Kier molecular flexibility index (Phi) is 6.98. The minimum Gasteiger partial charge on any atom is -0.353 e. The summed E-state index contributed by atoms with van der Waals surface area (Å²) in [5.41, 5.74) is -0.190. The maximum Gasteiger partial charge on any atom is 0.227 e. The Bertz CT molecular complexity index is 295. The van der Waals surface area contributed by atoms with Crippen LogP contribution in [0.4, 0.5) is 0 Å². The first-order valence-corrected chi connectivity index (χ1v) is 8.47. The molecule has 1 aliphatic heterocycles. The van der Waals surface area contributed by atoms with E-state index >= 15 is 0 Å². The molecule has 112 valence electrons. The number of halogens is 1. The van der Waals surface area contributed by atoms with Gasteiger partial charge in [-0.2, -0.15) is 11.8 Å². The molecule has 2 N–H and O–H groups in total. The van der Waals surface area contributed by atoms with Crippen molar-refractivity contribution in [3.63, 3.8) is 0 Å². The summed E-state index contributed by atoms with van der Waals surface area (Å²) in [6.07, 6.45) is 9.19. The molecule has 2 fully saturated rings. The van der Waals surface area contributed by atoms with Crippen molar-refractivity contribution >= 4 is 30.1 Å². The molecule has 3 nitrogen and oxygen atoms in total. The molecule has 1 aliphatic carbocycles. The predicted molar refractivity (Wildman–Crippen MR) is 85.2 cm³/mol. The zero-order chi connectivity index (χ0) is 13.0. The average Bonchev–Trinajstić information content (AvgIpc) is 2.40. The highest BCUT2D eigenvalue weighted by Gasteiger charge is 2.36. The maximum absolute atomic E-state index is 12.4. The van der Waals surface area contributed by atoms with Gasteiger partial charge in [0.05, 0.1) is 5.41 Å². The first kappa shape index (κ1) is 17.1. The molecule has 2 rings (SSSR count). The third-order valence-corrected chi connectivity index (χ3v) is 5.53. The van der Waals surface area contributed by atoms with Gasteiger partial charge in [-0.1, -0.05) is 6.42 Å². The van der Waals surface area contributed by atoms with E-state index in [4.69, 9.17) is 0 Å². The second-order valence-corrected chi connectivity index (χ2v) is 7.17. The van der Waals surface area contributed by atoms with Gasteiger partial charge in [0.15, 0.2) is 0 Å². The quantitative estimate of drug-likeness (QED) is 0.842. The van der Waals surface area contributed by atoms with Crippen LogP contribution in [0.3, 0.4) is 0 Å². The van der Waals surface area contributed by atoms with E-state index in [1.807, 2.05) is 11.8 Å². The highest BCUT2D eigenvalue weighted by atomic mass is 35.5. The Balaban J connectivity index is 0.00000180. The van der Waals surface area contributed by atoms with Crippen molar-refractivity contribution in [2.24, 2.45) is 5.41 Å². The Morgan fingerprint density at radius 1 is 1.37 bits per heavy atom. The van der Waals surface area contributed by atoms with Crippen molar-refractivity contribution in [3.05, 3.63) is 0 Å². The van der Waals surface area contributed by atoms with Crippen molar-refractivity contribution in [1.82, 2.24) is 10.6 Å². The van der Waals surface area contributed by atoms with Crippen LogP contribution in [-0.2, 0) is 4.79 Å². The molecule has 0 spiro atoms. The number of amides is 1. The van der Waals surface area contributed by atoms with Crippen LogP contribution in [0.1, 0.15) is 45.4 Å². The van der Waals surface area contributed by atoms with Gasteiger partial charge in [-0.15, -0.1) is 12.4 Å². The molecule has 1 amide bonds. The predicted octanol–water partition coefficient (Wildman–Crippen LogP) is 2.59. The lowest BCUT2D eigenvalue weighted by Crippen LogP contribution is -2.52. The molecule has 5 heteroatoms. The third-order valence-electron chi connectivity index (χ3n) is 4.44. The number of carbonyl (C=O) groups excluding carboxylic acids is 1. The van der Waals surface area contributed by atoms with Crippen LogP contribution in [0.2, 0.25) is 0 Å². The first-order chi connectivity index (χ1) is 8.64.